The van der Waals surface area contributed by atoms with E-state index in [1.54, 1.807) is 0 Å². The van der Waals surface area contributed by atoms with Gasteiger partial charge in [-0.25, -0.2) is 0 Å². The minimum Gasteiger partial charge on any atom is -0.0998 e. The Bertz CT molecular complexity index is 125. The normalized spacial score (nSPS) is 34.7. The van der Waals surface area contributed by atoms with Crippen molar-refractivity contribution in [1.82, 2.24) is 0 Å². The summed E-state index contributed by atoms with van der Waals surface area (Å²) in [5.41, 5.74) is 1.39. The lowest BCUT2D eigenvalue weighted by Crippen LogP contribution is -2.10. The molecule has 0 unspecified atom stereocenters. The monoisotopic (exact) mass is 138 g/mol. The van der Waals surface area contributed by atoms with Crippen molar-refractivity contribution in [2.45, 2.75) is 33.6 Å². The summed E-state index contributed by atoms with van der Waals surface area (Å²) in [6.45, 7) is 10.9. The second-order valence-corrected chi connectivity index (χ2v) is 3.90. The number of hydrogen-bond acceptors (Lipinski definition) is 0. The molecule has 1 rings (SSSR count). The fourth-order valence-electron chi connectivity index (χ4n) is 2.42. The summed E-state index contributed by atoms with van der Waals surface area (Å²) in [5, 5.41) is 0. The Morgan fingerprint density at radius 3 is 1.80 bits per heavy atom. The molecule has 0 bridgehead atoms. The molecule has 1 fully saturated rings. The lowest BCUT2D eigenvalue weighted by Gasteiger charge is -2.19. The molecule has 10 heavy (non-hydrogen) atoms. The Balaban J connectivity index is 2.63. The molecule has 0 heterocycles. The van der Waals surface area contributed by atoms with Gasteiger partial charge in [-0.1, -0.05) is 26.0 Å². The number of rotatable bonds is 1. The van der Waals surface area contributed by atoms with Crippen LogP contribution in [0, 0.1) is 17.8 Å². The van der Waals surface area contributed by atoms with Gasteiger partial charge in [0.15, 0.2) is 0 Å². The Kier molecular flexibility index (Phi) is 2.18. The second-order valence-electron chi connectivity index (χ2n) is 3.90. The molecule has 1 saturated carbocycles. The second kappa shape index (κ2) is 2.77. The maximum Gasteiger partial charge on any atom is -0.0157 e. The van der Waals surface area contributed by atoms with Crippen molar-refractivity contribution >= 4 is 0 Å². The van der Waals surface area contributed by atoms with E-state index in [4.69, 9.17) is 0 Å². The van der Waals surface area contributed by atoms with E-state index in [0.717, 1.165) is 17.8 Å². The van der Waals surface area contributed by atoms with Crippen molar-refractivity contribution in [3.05, 3.63) is 12.2 Å². The molecule has 0 aromatic rings. The molecule has 0 amide bonds. The fourth-order valence-corrected chi connectivity index (χ4v) is 2.42. The van der Waals surface area contributed by atoms with E-state index in [1.165, 1.54) is 18.4 Å². The van der Waals surface area contributed by atoms with Crippen LogP contribution in [0.1, 0.15) is 33.6 Å². The van der Waals surface area contributed by atoms with Gasteiger partial charge in [0.25, 0.3) is 0 Å². The highest BCUT2D eigenvalue weighted by Crippen LogP contribution is 2.40. The van der Waals surface area contributed by atoms with Crippen LogP contribution in [0.5, 0.6) is 0 Å². The van der Waals surface area contributed by atoms with Gasteiger partial charge in [-0.05, 0) is 37.5 Å². The molecule has 0 N–H and O–H groups in total. The summed E-state index contributed by atoms with van der Waals surface area (Å²) in [4.78, 5) is 0. The maximum absolute atomic E-state index is 4.04. The quantitative estimate of drug-likeness (QED) is 0.488. The molecule has 0 nitrogen and oxygen atoms in total. The van der Waals surface area contributed by atoms with Crippen molar-refractivity contribution in [3.63, 3.8) is 0 Å². The number of hydrogen-bond donors (Lipinski definition) is 0. The lowest BCUT2D eigenvalue weighted by molar-refractivity contribution is 0.405. The van der Waals surface area contributed by atoms with Gasteiger partial charge in [0.05, 0.1) is 0 Å². The molecular formula is C10H18. The van der Waals surface area contributed by atoms with Gasteiger partial charge >= 0.3 is 0 Å². The third-order valence-electron chi connectivity index (χ3n) is 2.87. The van der Waals surface area contributed by atoms with Crippen molar-refractivity contribution in [1.29, 1.82) is 0 Å². The molecule has 0 radical (unpaired) electrons. The minimum absolute atomic E-state index is 0.806. The predicted molar refractivity (Wildman–Crippen MR) is 45.9 cm³/mol. The van der Waals surface area contributed by atoms with Gasteiger partial charge in [0.2, 0.25) is 0 Å². The topological polar surface area (TPSA) is 0 Å². The largest absolute Gasteiger partial charge is 0.0998 e. The van der Waals surface area contributed by atoms with Crippen LogP contribution in [-0.2, 0) is 0 Å². The van der Waals surface area contributed by atoms with Crippen LogP contribution in [0.25, 0.3) is 0 Å². The summed E-state index contributed by atoms with van der Waals surface area (Å²) in [6, 6.07) is 0. The van der Waals surface area contributed by atoms with E-state index in [-0.39, 0.29) is 0 Å². The molecule has 0 aromatic heterocycles. The summed E-state index contributed by atoms with van der Waals surface area (Å²) < 4.78 is 0. The highest BCUT2D eigenvalue weighted by atomic mass is 14.3. The van der Waals surface area contributed by atoms with E-state index < -0.39 is 0 Å². The first-order valence-electron chi connectivity index (χ1n) is 4.28. The van der Waals surface area contributed by atoms with Crippen LogP contribution in [0.4, 0.5) is 0 Å². The highest BCUT2D eigenvalue weighted by molar-refractivity contribution is 5.03. The zero-order chi connectivity index (χ0) is 7.72. The summed E-state index contributed by atoms with van der Waals surface area (Å²) in [5.74, 6) is 2.57. The summed E-state index contributed by atoms with van der Waals surface area (Å²) >= 11 is 0. The molecule has 0 aliphatic heterocycles. The zero-order valence-electron chi connectivity index (χ0n) is 7.35. The molecule has 0 spiro atoms. The van der Waals surface area contributed by atoms with Crippen molar-refractivity contribution in [2.24, 2.45) is 17.8 Å². The summed E-state index contributed by atoms with van der Waals surface area (Å²) in [7, 11) is 0. The SMILES string of the molecule is C=C(C)C1[C@@H](C)CC[C@@H]1C. The minimum atomic E-state index is 0.806. The van der Waals surface area contributed by atoms with Crippen LogP contribution < -0.4 is 0 Å². The smallest absolute Gasteiger partial charge is 0.0157 e. The molecular weight excluding hydrogens is 120 g/mol. The van der Waals surface area contributed by atoms with Crippen LogP contribution in [0.3, 0.4) is 0 Å². The predicted octanol–water partition coefficient (Wildman–Crippen LogP) is 3.24. The van der Waals surface area contributed by atoms with Gasteiger partial charge in [0.1, 0.15) is 0 Å². The Hall–Kier alpha value is -0.260. The highest BCUT2D eigenvalue weighted by Gasteiger charge is 2.30. The molecule has 0 aromatic carbocycles. The third kappa shape index (κ3) is 1.25. The molecule has 1 aliphatic rings. The van der Waals surface area contributed by atoms with Crippen LogP contribution in [-0.4, -0.2) is 0 Å². The Morgan fingerprint density at radius 1 is 1.20 bits per heavy atom. The Morgan fingerprint density at radius 2 is 1.60 bits per heavy atom. The van der Waals surface area contributed by atoms with Crippen molar-refractivity contribution in [2.75, 3.05) is 0 Å². The lowest BCUT2D eigenvalue weighted by atomic mass is 9.86. The Labute approximate surface area is 64.3 Å². The molecule has 58 valence electrons. The van der Waals surface area contributed by atoms with E-state index >= 15 is 0 Å². The zero-order valence-corrected chi connectivity index (χ0v) is 7.35. The average molecular weight is 138 g/mol. The van der Waals surface area contributed by atoms with Crippen LogP contribution in [0.15, 0.2) is 12.2 Å². The first-order chi connectivity index (χ1) is 4.63. The molecule has 2 atom stereocenters. The van der Waals surface area contributed by atoms with Crippen LogP contribution >= 0.6 is 0 Å². The third-order valence-corrected chi connectivity index (χ3v) is 2.87. The molecule has 0 heteroatoms. The van der Waals surface area contributed by atoms with E-state index in [1.807, 2.05) is 0 Å². The summed E-state index contributed by atoms with van der Waals surface area (Å²) in [6.07, 6.45) is 2.80. The van der Waals surface area contributed by atoms with Gasteiger partial charge in [-0.3, -0.25) is 0 Å². The standard InChI is InChI=1S/C10H18/c1-7(2)10-8(3)5-6-9(10)4/h8-10H,1,5-6H2,2-4H3/t8-,9-/m0/s1. The van der Waals surface area contributed by atoms with Crippen molar-refractivity contribution in [3.8, 4) is 0 Å². The average Bonchev–Trinajstić information content (AvgIpc) is 2.11. The maximum atomic E-state index is 4.04. The van der Waals surface area contributed by atoms with Gasteiger partial charge in [0, 0.05) is 0 Å². The van der Waals surface area contributed by atoms with Crippen molar-refractivity contribution < 1.29 is 0 Å². The molecule has 1 aliphatic carbocycles. The fraction of sp³-hybridized carbons (Fsp3) is 0.800. The molecule has 0 saturated heterocycles. The van der Waals surface area contributed by atoms with Crippen LogP contribution in [0.2, 0.25) is 0 Å². The first-order valence-corrected chi connectivity index (χ1v) is 4.28. The number of allylic oxidation sites excluding steroid dienone is 1. The first kappa shape index (κ1) is 7.84. The van der Waals surface area contributed by atoms with Gasteiger partial charge in [-0.15, -0.1) is 0 Å². The van der Waals surface area contributed by atoms with Gasteiger partial charge < -0.3 is 0 Å². The van der Waals surface area contributed by atoms with E-state index in [2.05, 4.69) is 27.4 Å². The van der Waals surface area contributed by atoms with Gasteiger partial charge in [-0.2, -0.15) is 0 Å². The van der Waals surface area contributed by atoms with E-state index in [0.29, 0.717) is 0 Å². The van der Waals surface area contributed by atoms with E-state index in [9.17, 15) is 0 Å².